The van der Waals surface area contributed by atoms with E-state index in [2.05, 4.69) is 10.0 Å². The summed E-state index contributed by atoms with van der Waals surface area (Å²) in [5.41, 5.74) is 0.861. The predicted octanol–water partition coefficient (Wildman–Crippen LogP) is 2.91. The van der Waals surface area contributed by atoms with Crippen LogP contribution >= 0.6 is 0 Å². The van der Waals surface area contributed by atoms with Crippen molar-refractivity contribution in [1.29, 1.82) is 0 Å². The van der Waals surface area contributed by atoms with Crippen molar-refractivity contribution in [3.05, 3.63) is 60.2 Å². The topological polar surface area (TPSA) is 93.7 Å². The molecule has 1 amide bonds. The second kappa shape index (κ2) is 12.4. The standard InChI is InChI=1S/C23H32N2O5S/c1-4-29-20-11-13-21(14-12-20)31(27,28)25-22(17-19-9-6-5-7-10-19)23(26)24-15-8-16-30-18(2)3/h5-7,9-14,18,22,25H,4,8,15-17H2,1-3H3,(H,24,26). The van der Waals surface area contributed by atoms with Crippen LogP contribution in [-0.2, 0) is 26.0 Å². The number of carbonyl (C=O) groups is 1. The molecule has 2 aromatic carbocycles. The Balaban J connectivity index is 2.08. The number of carbonyl (C=O) groups excluding carboxylic acids is 1. The number of rotatable bonds is 13. The molecular formula is C23H32N2O5S. The highest BCUT2D eigenvalue weighted by atomic mass is 32.2. The lowest BCUT2D eigenvalue weighted by molar-refractivity contribution is -0.122. The highest BCUT2D eigenvalue weighted by Gasteiger charge is 2.26. The summed E-state index contributed by atoms with van der Waals surface area (Å²) < 4.78 is 39.2. The van der Waals surface area contributed by atoms with E-state index in [1.54, 1.807) is 12.1 Å². The van der Waals surface area contributed by atoms with Gasteiger partial charge in [0.15, 0.2) is 0 Å². The van der Waals surface area contributed by atoms with Gasteiger partial charge in [0.2, 0.25) is 15.9 Å². The van der Waals surface area contributed by atoms with E-state index in [0.29, 0.717) is 31.9 Å². The second-order valence-electron chi connectivity index (χ2n) is 7.33. The van der Waals surface area contributed by atoms with Gasteiger partial charge in [-0.05, 0) is 63.4 Å². The quantitative estimate of drug-likeness (QED) is 0.460. The molecule has 0 saturated carbocycles. The van der Waals surface area contributed by atoms with Crippen LogP contribution in [0, 0.1) is 0 Å². The fraction of sp³-hybridized carbons (Fsp3) is 0.435. The molecule has 31 heavy (non-hydrogen) atoms. The summed E-state index contributed by atoms with van der Waals surface area (Å²) in [4.78, 5) is 12.9. The van der Waals surface area contributed by atoms with Crippen molar-refractivity contribution in [3.63, 3.8) is 0 Å². The predicted molar refractivity (Wildman–Crippen MR) is 121 cm³/mol. The molecule has 170 valence electrons. The van der Waals surface area contributed by atoms with Crippen molar-refractivity contribution >= 4 is 15.9 Å². The normalized spacial score (nSPS) is 12.5. The van der Waals surface area contributed by atoms with E-state index >= 15 is 0 Å². The molecular weight excluding hydrogens is 416 g/mol. The Morgan fingerprint density at radius 2 is 1.71 bits per heavy atom. The van der Waals surface area contributed by atoms with Crippen LogP contribution in [0.5, 0.6) is 5.75 Å². The molecule has 8 heteroatoms. The minimum atomic E-state index is -3.89. The van der Waals surface area contributed by atoms with Gasteiger partial charge >= 0.3 is 0 Å². The maximum atomic E-state index is 12.9. The van der Waals surface area contributed by atoms with Crippen LogP contribution in [0.4, 0.5) is 0 Å². The molecule has 0 heterocycles. The molecule has 0 radical (unpaired) electrons. The van der Waals surface area contributed by atoms with Crippen LogP contribution < -0.4 is 14.8 Å². The Kier molecular flexibility index (Phi) is 9.97. The fourth-order valence-electron chi connectivity index (χ4n) is 2.90. The van der Waals surface area contributed by atoms with Crippen LogP contribution in [0.15, 0.2) is 59.5 Å². The van der Waals surface area contributed by atoms with Gasteiger partial charge in [0.05, 0.1) is 17.6 Å². The van der Waals surface area contributed by atoms with Gasteiger partial charge in [-0.15, -0.1) is 0 Å². The molecule has 2 N–H and O–H groups in total. The number of amides is 1. The van der Waals surface area contributed by atoms with Crippen LogP contribution in [0.2, 0.25) is 0 Å². The summed E-state index contributed by atoms with van der Waals surface area (Å²) in [5.74, 6) is 0.214. The van der Waals surface area contributed by atoms with Gasteiger partial charge in [0.1, 0.15) is 11.8 Å². The first-order valence-corrected chi connectivity index (χ1v) is 12.0. The van der Waals surface area contributed by atoms with Crippen LogP contribution in [0.25, 0.3) is 0 Å². The highest BCUT2D eigenvalue weighted by molar-refractivity contribution is 7.89. The van der Waals surface area contributed by atoms with Crippen molar-refractivity contribution in [2.45, 2.75) is 50.7 Å². The van der Waals surface area contributed by atoms with Crippen LogP contribution in [0.1, 0.15) is 32.8 Å². The molecule has 1 atom stereocenters. The summed E-state index contributed by atoms with van der Waals surface area (Å²) >= 11 is 0. The van der Waals surface area contributed by atoms with Gasteiger partial charge in [-0.1, -0.05) is 30.3 Å². The Labute approximate surface area is 185 Å². The maximum Gasteiger partial charge on any atom is 0.241 e. The van der Waals surface area contributed by atoms with Crippen molar-refractivity contribution < 1.29 is 22.7 Å². The van der Waals surface area contributed by atoms with E-state index in [0.717, 1.165) is 5.56 Å². The minimum absolute atomic E-state index is 0.0761. The van der Waals surface area contributed by atoms with E-state index in [9.17, 15) is 13.2 Å². The Hall–Kier alpha value is -2.42. The third-order valence-electron chi connectivity index (χ3n) is 4.41. The number of benzene rings is 2. The summed E-state index contributed by atoms with van der Waals surface area (Å²) in [5, 5.41) is 2.81. The summed E-state index contributed by atoms with van der Waals surface area (Å²) in [6, 6.07) is 14.5. The second-order valence-corrected chi connectivity index (χ2v) is 9.05. The fourth-order valence-corrected chi connectivity index (χ4v) is 4.10. The summed E-state index contributed by atoms with van der Waals surface area (Å²) in [7, 11) is -3.89. The molecule has 2 aromatic rings. The molecule has 0 spiro atoms. The smallest absolute Gasteiger partial charge is 0.241 e. The van der Waals surface area contributed by atoms with E-state index in [1.807, 2.05) is 51.1 Å². The molecule has 2 rings (SSSR count). The van der Waals surface area contributed by atoms with Crippen molar-refractivity contribution in [1.82, 2.24) is 10.0 Å². The largest absolute Gasteiger partial charge is 0.494 e. The number of nitrogens with one attached hydrogen (secondary N) is 2. The Morgan fingerprint density at radius 3 is 2.32 bits per heavy atom. The van der Waals surface area contributed by atoms with Gasteiger partial charge in [-0.3, -0.25) is 4.79 Å². The van der Waals surface area contributed by atoms with E-state index in [1.165, 1.54) is 12.1 Å². The molecule has 0 aliphatic rings. The molecule has 0 aromatic heterocycles. The number of sulfonamides is 1. The first kappa shape index (κ1) is 24.8. The zero-order valence-electron chi connectivity index (χ0n) is 18.3. The zero-order chi connectivity index (χ0) is 22.7. The first-order valence-electron chi connectivity index (χ1n) is 10.5. The summed E-state index contributed by atoms with van der Waals surface area (Å²) in [6.07, 6.45) is 1.02. The van der Waals surface area contributed by atoms with E-state index in [4.69, 9.17) is 9.47 Å². The minimum Gasteiger partial charge on any atom is -0.494 e. The Morgan fingerprint density at radius 1 is 1.03 bits per heavy atom. The van der Waals surface area contributed by atoms with E-state index in [-0.39, 0.29) is 23.3 Å². The van der Waals surface area contributed by atoms with E-state index < -0.39 is 16.1 Å². The third-order valence-corrected chi connectivity index (χ3v) is 5.90. The lowest BCUT2D eigenvalue weighted by atomic mass is 10.1. The molecule has 0 bridgehead atoms. The number of ether oxygens (including phenoxy) is 2. The Bertz CT molecular complexity index is 899. The SMILES string of the molecule is CCOc1ccc(S(=O)(=O)NC(Cc2ccccc2)C(=O)NCCCOC(C)C)cc1. The molecule has 0 aliphatic carbocycles. The monoisotopic (exact) mass is 448 g/mol. The van der Waals surface area contributed by atoms with Gasteiger partial charge in [-0.25, -0.2) is 8.42 Å². The molecule has 0 saturated heterocycles. The summed E-state index contributed by atoms with van der Waals surface area (Å²) in [6.45, 7) is 7.18. The van der Waals surface area contributed by atoms with Gasteiger partial charge in [0, 0.05) is 13.2 Å². The molecule has 0 aliphatic heterocycles. The third kappa shape index (κ3) is 8.69. The zero-order valence-corrected chi connectivity index (χ0v) is 19.2. The highest BCUT2D eigenvalue weighted by Crippen LogP contribution is 2.17. The lowest BCUT2D eigenvalue weighted by Gasteiger charge is -2.19. The van der Waals surface area contributed by atoms with Gasteiger partial charge in [-0.2, -0.15) is 4.72 Å². The van der Waals surface area contributed by atoms with Gasteiger partial charge < -0.3 is 14.8 Å². The van der Waals surface area contributed by atoms with Crippen molar-refractivity contribution in [2.24, 2.45) is 0 Å². The molecule has 7 nitrogen and oxygen atoms in total. The van der Waals surface area contributed by atoms with Crippen molar-refractivity contribution in [3.8, 4) is 5.75 Å². The van der Waals surface area contributed by atoms with Crippen LogP contribution in [0.3, 0.4) is 0 Å². The first-order chi connectivity index (χ1) is 14.8. The average molecular weight is 449 g/mol. The molecule has 1 unspecified atom stereocenters. The average Bonchev–Trinajstić information content (AvgIpc) is 2.74. The van der Waals surface area contributed by atoms with Crippen LogP contribution in [-0.4, -0.2) is 46.2 Å². The number of hydrogen-bond acceptors (Lipinski definition) is 5. The number of hydrogen-bond donors (Lipinski definition) is 2. The van der Waals surface area contributed by atoms with Gasteiger partial charge in [0.25, 0.3) is 0 Å². The molecule has 0 fully saturated rings. The lowest BCUT2D eigenvalue weighted by Crippen LogP contribution is -2.48. The van der Waals surface area contributed by atoms with Crippen molar-refractivity contribution in [2.75, 3.05) is 19.8 Å². The maximum absolute atomic E-state index is 12.9.